The highest BCUT2D eigenvalue weighted by atomic mass is 32.1. The van der Waals surface area contributed by atoms with E-state index in [0.717, 1.165) is 28.3 Å². The third-order valence-electron chi connectivity index (χ3n) is 5.30. The van der Waals surface area contributed by atoms with Gasteiger partial charge in [0.05, 0.1) is 12.1 Å². The summed E-state index contributed by atoms with van der Waals surface area (Å²) >= 11 is 1.48. The molecule has 0 aromatic carbocycles. The highest BCUT2D eigenvalue weighted by Crippen LogP contribution is 2.41. The minimum absolute atomic E-state index is 0.0661. The number of amides is 3. The number of carbonyl (C=O) groups is 3. The number of fused-ring (bicyclic) bond motifs is 3. The maximum absolute atomic E-state index is 12.8. The quantitative estimate of drug-likeness (QED) is 0.826. The number of nitrogens with zero attached hydrogens (tertiary/aromatic N) is 3. The van der Waals surface area contributed by atoms with Crippen molar-refractivity contribution < 1.29 is 14.4 Å². The zero-order valence-corrected chi connectivity index (χ0v) is 16.1. The highest BCUT2D eigenvalue weighted by Gasteiger charge is 2.36. The van der Waals surface area contributed by atoms with Crippen molar-refractivity contribution in [3.05, 3.63) is 16.0 Å². The van der Waals surface area contributed by atoms with Crippen LogP contribution < -0.4 is 4.90 Å². The van der Waals surface area contributed by atoms with Crippen LogP contribution in [0, 0.1) is 5.92 Å². The SMILES string of the molecule is CCC(CC)C(=O)N1CCc2c(sc3c2C(=O)N(C)CC(=O)N3C)C1. The van der Waals surface area contributed by atoms with E-state index in [4.69, 9.17) is 0 Å². The van der Waals surface area contributed by atoms with Gasteiger partial charge in [0.15, 0.2) is 0 Å². The average Bonchev–Trinajstić information content (AvgIpc) is 2.96. The molecule has 0 saturated heterocycles. The van der Waals surface area contributed by atoms with Crippen molar-refractivity contribution in [2.75, 3.05) is 32.1 Å². The standard InChI is InChI=1S/C18H25N3O3S/c1-5-11(6-2)16(23)21-8-7-12-13(9-21)25-18-15(12)17(24)19(3)10-14(22)20(18)4/h11H,5-10H2,1-4H3. The molecule has 1 aromatic heterocycles. The molecule has 1 aromatic rings. The van der Waals surface area contributed by atoms with Crippen molar-refractivity contribution in [2.24, 2.45) is 5.92 Å². The molecule has 0 N–H and O–H groups in total. The molecular weight excluding hydrogens is 338 g/mol. The molecule has 3 rings (SSSR count). The molecule has 0 atom stereocenters. The number of rotatable bonds is 3. The van der Waals surface area contributed by atoms with Crippen LogP contribution in [0.4, 0.5) is 5.00 Å². The smallest absolute Gasteiger partial charge is 0.257 e. The predicted molar refractivity (Wildman–Crippen MR) is 97.9 cm³/mol. The van der Waals surface area contributed by atoms with Gasteiger partial charge in [0.1, 0.15) is 11.5 Å². The number of hydrogen-bond acceptors (Lipinski definition) is 4. The van der Waals surface area contributed by atoms with Gasteiger partial charge in [0, 0.05) is 31.4 Å². The first-order chi connectivity index (χ1) is 11.9. The van der Waals surface area contributed by atoms with Crippen LogP contribution >= 0.6 is 11.3 Å². The molecule has 6 nitrogen and oxygen atoms in total. The van der Waals surface area contributed by atoms with Gasteiger partial charge in [0.25, 0.3) is 5.91 Å². The molecule has 0 fully saturated rings. The lowest BCUT2D eigenvalue weighted by Gasteiger charge is -2.30. The van der Waals surface area contributed by atoms with Gasteiger partial charge in [-0.15, -0.1) is 11.3 Å². The summed E-state index contributed by atoms with van der Waals surface area (Å²) in [5, 5.41) is 0.723. The Kier molecular flexibility index (Phi) is 4.86. The van der Waals surface area contributed by atoms with Crippen LogP contribution in [0.3, 0.4) is 0 Å². The minimum atomic E-state index is -0.0926. The Morgan fingerprint density at radius 1 is 1.16 bits per heavy atom. The third-order valence-corrected chi connectivity index (χ3v) is 6.59. The lowest BCUT2D eigenvalue weighted by Crippen LogP contribution is -2.39. The van der Waals surface area contributed by atoms with E-state index < -0.39 is 0 Å². The van der Waals surface area contributed by atoms with Crippen LogP contribution in [0.2, 0.25) is 0 Å². The molecule has 0 spiro atoms. The van der Waals surface area contributed by atoms with Crippen LogP contribution in [0.25, 0.3) is 0 Å². The predicted octanol–water partition coefficient (Wildman–Crippen LogP) is 2.12. The highest BCUT2D eigenvalue weighted by molar-refractivity contribution is 7.17. The number of thiophene rings is 1. The van der Waals surface area contributed by atoms with Crippen LogP contribution in [0.15, 0.2) is 0 Å². The van der Waals surface area contributed by atoms with E-state index in [1.807, 2.05) is 18.7 Å². The molecule has 0 saturated carbocycles. The summed E-state index contributed by atoms with van der Waals surface area (Å²) in [4.78, 5) is 43.7. The van der Waals surface area contributed by atoms with Crippen molar-refractivity contribution in [2.45, 2.75) is 39.7 Å². The number of likely N-dealkylation sites (N-methyl/N-ethyl adjacent to an activating group) is 2. The first kappa shape index (κ1) is 17.9. The molecule has 7 heteroatoms. The molecule has 0 bridgehead atoms. The summed E-state index contributed by atoms with van der Waals surface area (Å²) in [5.74, 6) is 0.0894. The van der Waals surface area contributed by atoms with E-state index >= 15 is 0 Å². The topological polar surface area (TPSA) is 60.9 Å². The van der Waals surface area contributed by atoms with Crippen LogP contribution in [-0.4, -0.2) is 54.7 Å². The van der Waals surface area contributed by atoms with Crippen LogP contribution in [0.5, 0.6) is 0 Å². The molecule has 0 aliphatic carbocycles. The first-order valence-electron chi connectivity index (χ1n) is 8.84. The van der Waals surface area contributed by atoms with Crippen molar-refractivity contribution in [3.63, 3.8) is 0 Å². The summed E-state index contributed by atoms with van der Waals surface area (Å²) in [5.41, 5.74) is 1.68. The van der Waals surface area contributed by atoms with E-state index in [0.29, 0.717) is 25.1 Å². The first-order valence-corrected chi connectivity index (χ1v) is 9.65. The van der Waals surface area contributed by atoms with Gasteiger partial charge in [0.2, 0.25) is 11.8 Å². The van der Waals surface area contributed by atoms with Gasteiger partial charge < -0.3 is 14.7 Å². The van der Waals surface area contributed by atoms with Crippen molar-refractivity contribution in [3.8, 4) is 0 Å². The van der Waals surface area contributed by atoms with Gasteiger partial charge in [-0.3, -0.25) is 14.4 Å². The van der Waals surface area contributed by atoms with Crippen LogP contribution in [0.1, 0.15) is 47.5 Å². The second kappa shape index (κ2) is 6.78. The summed E-state index contributed by atoms with van der Waals surface area (Å²) in [6.45, 7) is 5.38. The van der Waals surface area contributed by atoms with Crippen molar-refractivity contribution in [1.82, 2.24) is 9.80 Å². The Bertz CT molecular complexity index is 723. The summed E-state index contributed by atoms with van der Waals surface area (Å²) in [6, 6.07) is 0. The Balaban J connectivity index is 1.95. The zero-order valence-electron chi connectivity index (χ0n) is 15.3. The average molecular weight is 363 g/mol. The van der Waals surface area contributed by atoms with Gasteiger partial charge in [-0.2, -0.15) is 0 Å². The molecule has 2 aliphatic heterocycles. The summed E-state index contributed by atoms with van der Waals surface area (Å²) in [7, 11) is 3.39. The molecular formula is C18H25N3O3S. The van der Waals surface area contributed by atoms with Gasteiger partial charge >= 0.3 is 0 Å². The van der Waals surface area contributed by atoms with Gasteiger partial charge in [-0.05, 0) is 24.8 Å². The molecule has 3 heterocycles. The summed E-state index contributed by atoms with van der Waals surface area (Å²) in [6.07, 6.45) is 2.37. The fourth-order valence-corrected chi connectivity index (χ4v) is 4.95. The fourth-order valence-electron chi connectivity index (χ4n) is 3.61. The van der Waals surface area contributed by atoms with Gasteiger partial charge in [-0.1, -0.05) is 13.8 Å². The minimum Gasteiger partial charge on any atom is -0.337 e. The zero-order chi connectivity index (χ0) is 18.3. The Hall–Kier alpha value is -1.89. The Morgan fingerprint density at radius 2 is 1.84 bits per heavy atom. The number of carbonyl (C=O) groups excluding carboxylic acids is 3. The Labute approximate surface area is 152 Å². The molecule has 3 amide bonds. The van der Waals surface area contributed by atoms with E-state index in [9.17, 15) is 14.4 Å². The van der Waals surface area contributed by atoms with Gasteiger partial charge in [-0.25, -0.2) is 0 Å². The maximum Gasteiger partial charge on any atom is 0.257 e. The Morgan fingerprint density at radius 3 is 2.48 bits per heavy atom. The third kappa shape index (κ3) is 2.94. The monoisotopic (exact) mass is 363 g/mol. The molecule has 0 unspecified atom stereocenters. The van der Waals surface area contributed by atoms with Crippen LogP contribution in [-0.2, 0) is 22.6 Å². The number of anilines is 1. The largest absolute Gasteiger partial charge is 0.337 e. The van der Waals surface area contributed by atoms with E-state index in [1.54, 1.807) is 19.0 Å². The maximum atomic E-state index is 12.8. The fraction of sp³-hybridized carbons (Fsp3) is 0.611. The summed E-state index contributed by atoms with van der Waals surface area (Å²) < 4.78 is 0. The second-order valence-corrected chi connectivity index (χ2v) is 7.90. The van der Waals surface area contributed by atoms with E-state index in [-0.39, 0.29) is 30.2 Å². The molecule has 2 aliphatic rings. The lowest BCUT2D eigenvalue weighted by molar-refractivity contribution is -0.136. The van der Waals surface area contributed by atoms with Crippen molar-refractivity contribution in [1.29, 1.82) is 0 Å². The lowest BCUT2D eigenvalue weighted by atomic mass is 9.98. The second-order valence-electron chi connectivity index (χ2n) is 6.82. The molecule has 0 radical (unpaired) electrons. The van der Waals surface area contributed by atoms with Crippen molar-refractivity contribution >= 4 is 34.1 Å². The number of hydrogen-bond donors (Lipinski definition) is 0. The molecule has 25 heavy (non-hydrogen) atoms. The van der Waals surface area contributed by atoms with E-state index in [1.165, 1.54) is 16.2 Å². The normalized spacial score (nSPS) is 17.7. The van der Waals surface area contributed by atoms with E-state index in [2.05, 4.69) is 0 Å². The molecule has 136 valence electrons.